The maximum atomic E-state index is 5.14. The molecule has 0 aliphatic carbocycles. The maximum Gasteiger partial charge on any atom is 0.0971 e. The molecule has 0 spiro atoms. The molecule has 6 aromatic heterocycles. The Kier molecular flexibility index (Phi) is 3.12. The third-order valence-electron chi connectivity index (χ3n) is 9.10. The van der Waals surface area contributed by atoms with Crippen LogP contribution < -0.4 is 0 Å². The summed E-state index contributed by atoms with van der Waals surface area (Å²) in [6.07, 6.45) is 0. The fraction of sp³-hybridized carbons (Fsp3) is 0. The highest BCUT2D eigenvalue weighted by Gasteiger charge is 2.23. The van der Waals surface area contributed by atoms with E-state index in [1.165, 1.54) is 54.4 Å². The largest absolute Gasteiger partial charge is 0.306 e. The van der Waals surface area contributed by atoms with E-state index >= 15 is 0 Å². The van der Waals surface area contributed by atoms with Crippen LogP contribution in [-0.4, -0.2) is 18.8 Å². The number of pyridine rings is 2. The first kappa shape index (κ1) is 19.6. The van der Waals surface area contributed by atoms with Crippen LogP contribution >= 0.6 is 0 Å². The van der Waals surface area contributed by atoms with Crippen molar-refractivity contribution in [3.8, 4) is 0 Å². The minimum absolute atomic E-state index is 1.03. The van der Waals surface area contributed by atoms with Crippen LogP contribution in [0.5, 0.6) is 0 Å². The van der Waals surface area contributed by atoms with Gasteiger partial charge in [0.2, 0.25) is 0 Å². The van der Waals surface area contributed by atoms with Crippen molar-refractivity contribution in [3.05, 3.63) is 109 Å². The van der Waals surface area contributed by atoms with Crippen molar-refractivity contribution in [2.45, 2.75) is 0 Å². The highest BCUT2D eigenvalue weighted by atomic mass is 15.0. The quantitative estimate of drug-likeness (QED) is 0.206. The molecule has 4 heteroatoms. The molecule has 0 aliphatic heterocycles. The molecule has 40 heavy (non-hydrogen) atoms. The molecule has 5 aromatic carbocycles. The Labute approximate surface area is 226 Å². The normalized spacial score (nSPS) is 13.0. The highest BCUT2D eigenvalue weighted by molar-refractivity contribution is 6.29. The monoisotopic (exact) mass is 506 g/mol. The number of nitrogens with zero attached hydrogens (tertiary/aromatic N) is 4. The number of para-hydroxylation sites is 4. The molecular weight excluding hydrogens is 488 g/mol. The van der Waals surface area contributed by atoms with E-state index in [1.807, 2.05) is 0 Å². The van der Waals surface area contributed by atoms with Gasteiger partial charge < -0.3 is 8.80 Å². The Morgan fingerprint density at radius 1 is 0.375 bits per heavy atom. The van der Waals surface area contributed by atoms with Crippen LogP contribution in [0.2, 0.25) is 0 Å². The summed E-state index contributed by atoms with van der Waals surface area (Å²) in [5.74, 6) is 0. The standard InChI is InChI=1S/C36H18N4/c1-3-13-27-19(7-1)15-31-33(37-27)23-11-5-9-21-25-17-26-22-10-6-12-24-34-32(16-20-8-2-4-14-28(20)38-34)40(36(22)24)30(26)18-29(25)39(31)35(21)23/h1-18H. The Morgan fingerprint density at radius 2 is 0.850 bits per heavy atom. The van der Waals surface area contributed by atoms with E-state index in [1.54, 1.807) is 0 Å². The summed E-state index contributed by atoms with van der Waals surface area (Å²) >= 11 is 0. The molecule has 0 radical (unpaired) electrons. The summed E-state index contributed by atoms with van der Waals surface area (Å²) in [7, 11) is 0. The van der Waals surface area contributed by atoms with E-state index in [4.69, 9.17) is 9.97 Å². The van der Waals surface area contributed by atoms with Gasteiger partial charge in [-0.2, -0.15) is 0 Å². The van der Waals surface area contributed by atoms with Crippen LogP contribution in [-0.2, 0) is 0 Å². The maximum absolute atomic E-state index is 5.14. The zero-order valence-corrected chi connectivity index (χ0v) is 21.2. The van der Waals surface area contributed by atoms with Crippen LogP contribution in [0.3, 0.4) is 0 Å². The average Bonchev–Trinajstić information content (AvgIpc) is 3.71. The van der Waals surface area contributed by atoms with Crippen molar-refractivity contribution >= 4 is 98.3 Å². The minimum atomic E-state index is 1.03. The Bertz CT molecular complexity index is 2680. The SMILES string of the molecule is c1ccc2nc3c4cccc5c6cc7c8cccc9c%10nc%11ccccc%11cc%10n(c7cc6n(c3cc2c1)c54)c89. The Balaban J connectivity index is 1.41. The second-order valence-corrected chi connectivity index (χ2v) is 11.1. The molecule has 4 nitrogen and oxygen atoms in total. The smallest absolute Gasteiger partial charge is 0.0971 e. The lowest BCUT2D eigenvalue weighted by Gasteiger charge is -2.03. The van der Waals surface area contributed by atoms with Crippen molar-refractivity contribution in [2.24, 2.45) is 0 Å². The first-order valence-corrected chi connectivity index (χ1v) is 13.7. The predicted molar refractivity (Wildman–Crippen MR) is 166 cm³/mol. The second kappa shape index (κ2) is 6.38. The number of benzene rings is 5. The molecular formula is C36H18N4. The zero-order valence-electron chi connectivity index (χ0n) is 21.2. The van der Waals surface area contributed by atoms with Crippen molar-refractivity contribution in [1.82, 2.24) is 18.8 Å². The summed E-state index contributed by atoms with van der Waals surface area (Å²) in [6.45, 7) is 0. The number of hydrogen-bond donors (Lipinski definition) is 0. The van der Waals surface area contributed by atoms with Crippen molar-refractivity contribution in [1.29, 1.82) is 0 Å². The van der Waals surface area contributed by atoms with Crippen LogP contribution in [0, 0.1) is 0 Å². The predicted octanol–water partition coefficient (Wildman–Crippen LogP) is 9.08. The Hall–Kier alpha value is -5.48. The molecule has 0 atom stereocenters. The lowest BCUT2D eigenvalue weighted by atomic mass is 10.1. The average molecular weight is 507 g/mol. The second-order valence-electron chi connectivity index (χ2n) is 11.1. The van der Waals surface area contributed by atoms with Gasteiger partial charge in [0.05, 0.1) is 55.2 Å². The minimum Gasteiger partial charge on any atom is -0.306 e. The molecule has 0 amide bonds. The van der Waals surface area contributed by atoms with Gasteiger partial charge in [0.15, 0.2) is 0 Å². The summed E-state index contributed by atoms with van der Waals surface area (Å²) in [5, 5.41) is 9.86. The van der Waals surface area contributed by atoms with Gasteiger partial charge in [0.25, 0.3) is 0 Å². The number of hydrogen-bond acceptors (Lipinski definition) is 2. The topological polar surface area (TPSA) is 34.6 Å². The van der Waals surface area contributed by atoms with Crippen molar-refractivity contribution in [2.75, 3.05) is 0 Å². The summed E-state index contributed by atoms with van der Waals surface area (Å²) < 4.78 is 4.88. The molecule has 0 N–H and O–H groups in total. The number of rotatable bonds is 0. The first-order valence-electron chi connectivity index (χ1n) is 13.7. The van der Waals surface area contributed by atoms with Gasteiger partial charge in [-0.15, -0.1) is 0 Å². The van der Waals surface area contributed by atoms with Crippen LogP contribution in [0.25, 0.3) is 98.3 Å². The van der Waals surface area contributed by atoms with Gasteiger partial charge in [-0.25, -0.2) is 9.97 Å². The third kappa shape index (κ3) is 2.08. The Morgan fingerprint density at radius 3 is 1.38 bits per heavy atom. The molecule has 182 valence electrons. The molecule has 6 heterocycles. The zero-order chi connectivity index (χ0) is 25.7. The molecule has 0 saturated carbocycles. The van der Waals surface area contributed by atoms with E-state index < -0.39 is 0 Å². The molecule has 0 aliphatic rings. The van der Waals surface area contributed by atoms with Crippen molar-refractivity contribution < 1.29 is 0 Å². The van der Waals surface area contributed by atoms with E-state index in [-0.39, 0.29) is 0 Å². The fourth-order valence-electron chi connectivity index (χ4n) is 7.45. The van der Waals surface area contributed by atoms with E-state index in [9.17, 15) is 0 Å². The first-order chi connectivity index (χ1) is 19.8. The molecule has 0 fully saturated rings. The summed E-state index contributed by atoms with van der Waals surface area (Å²) in [5.41, 5.74) is 11.4. The summed E-state index contributed by atoms with van der Waals surface area (Å²) in [6, 6.07) is 39.5. The van der Waals surface area contributed by atoms with Crippen LogP contribution in [0.1, 0.15) is 0 Å². The highest BCUT2D eigenvalue weighted by Crippen LogP contribution is 2.44. The number of aromatic nitrogens is 4. The van der Waals surface area contributed by atoms with Crippen LogP contribution in [0.15, 0.2) is 109 Å². The summed E-state index contributed by atoms with van der Waals surface area (Å²) in [4.78, 5) is 10.3. The molecule has 11 rings (SSSR count). The molecule has 0 unspecified atom stereocenters. The van der Waals surface area contributed by atoms with Gasteiger partial charge in [0.1, 0.15) is 0 Å². The molecule has 0 bridgehead atoms. The van der Waals surface area contributed by atoms with E-state index in [2.05, 4.69) is 118 Å². The van der Waals surface area contributed by atoms with Gasteiger partial charge in [-0.05, 0) is 36.4 Å². The van der Waals surface area contributed by atoms with Crippen LogP contribution in [0.4, 0.5) is 0 Å². The fourth-order valence-corrected chi connectivity index (χ4v) is 7.45. The van der Waals surface area contributed by atoms with E-state index in [0.29, 0.717) is 0 Å². The van der Waals surface area contributed by atoms with Gasteiger partial charge in [-0.1, -0.05) is 72.8 Å². The lowest BCUT2D eigenvalue weighted by molar-refractivity contribution is 1.34. The van der Waals surface area contributed by atoms with Crippen molar-refractivity contribution in [3.63, 3.8) is 0 Å². The third-order valence-corrected chi connectivity index (χ3v) is 9.10. The van der Waals surface area contributed by atoms with E-state index in [0.717, 1.165) is 43.9 Å². The number of fused-ring (bicyclic) bond motifs is 14. The molecule has 0 saturated heterocycles. The van der Waals surface area contributed by atoms with Gasteiger partial charge in [-0.3, -0.25) is 0 Å². The van der Waals surface area contributed by atoms with Gasteiger partial charge >= 0.3 is 0 Å². The molecule has 11 aromatic rings. The lowest BCUT2D eigenvalue weighted by Crippen LogP contribution is -1.86. The van der Waals surface area contributed by atoms with Gasteiger partial charge in [0, 0.05) is 43.1 Å².